The zero-order valence-electron chi connectivity index (χ0n) is 17.1. The molecule has 0 radical (unpaired) electrons. The molecule has 4 rings (SSSR count). The summed E-state index contributed by atoms with van der Waals surface area (Å²) in [6.07, 6.45) is 2.62. The van der Waals surface area contributed by atoms with Crippen molar-refractivity contribution in [3.63, 3.8) is 0 Å². The van der Waals surface area contributed by atoms with Crippen LogP contribution in [0.2, 0.25) is 10.0 Å². The fraction of sp³-hybridized carbons (Fsp3) is 0.500. The van der Waals surface area contributed by atoms with E-state index in [1.807, 2.05) is 18.2 Å². The number of hydrogen-bond donors (Lipinski definition) is 0. The molecule has 2 fully saturated rings. The Balaban J connectivity index is 1.42. The van der Waals surface area contributed by atoms with Gasteiger partial charge in [0.2, 0.25) is 0 Å². The van der Waals surface area contributed by atoms with E-state index >= 15 is 0 Å². The molecule has 4 heteroatoms. The molecule has 2 aliphatic rings. The first kappa shape index (κ1) is 20.1. The predicted octanol–water partition coefficient (Wildman–Crippen LogP) is 6.56. The molecule has 2 aliphatic heterocycles. The van der Waals surface area contributed by atoms with Gasteiger partial charge in [-0.05, 0) is 69.0 Å². The van der Waals surface area contributed by atoms with E-state index in [0.29, 0.717) is 5.92 Å². The summed E-state index contributed by atoms with van der Waals surface area (Å²) in [6, 6.07) is 15.0. The Kier molecular flexibility index (Phi) is 5.66. The minimum Gasteiger partial charge on any atom is -0.368 e. The molecule has 2 aromatic rings. The van der Waals surface area contributed by atoms with Crippen LogP contribution in [0.3, 0.4) is 0 Å². The highest BCUT2D eigenvalue weighted by molar-refractivity contribution is 6.39. The average Bonchev–Trinajstić information content (AvgIpc) is 2.64. The first-order valence-corrected chi connectivity index (χ1v) is 11.2. The van der Waals surface area contributed by atoms with Crippen molar-refractivity contribution in [2.45, 2.75) is 45.1 Å². The zero-order chi connectivity index (χ0) is 19.9. The van der Waals surface area contributed by atoms with Crippen molar-refractivity contribution in [1.82, 2.24) is 4.90 Å². The van der Waals surface area contributed by atoms with Crippen molar-refractivity contribution in [2.75, 3.05) is 31.1 Å². The highest BCUT2D eigenvalue weighted by Crippen LogP contribution is 2.40. The van der Waals surface area contributed by atoms with Crippen molar-refractivity contribution < 1.29 is 0 Å². The summed E-state index contributed by atoms with van der Waals surface area (Å²) >= 11 is 12.7. The maximum atomic E-state index is 6.35. The molecular weight excluding hydrogens is 387 g/mol. The number of piperidine rings is 1. The van der Waals surface area contributed by atoms with E-state index in [0.717, 1.165) is 34.7 Å². The van der Waals surface area contributed by atoms with Crippen molar-refractivity contribution >= 4 is 28.9 Å². The van der Waals surface area contributed by atoms with Gasteiger partial charge in [0.25, 0.3) is 0 Å². The number of anilines is 1. The van der Waals surface area contributed by atoms with Gasteiger partial charge < -0.3 is 4.90 Å². The molecule has 0 atom stereocenters. The second kappa shape index (κ2) is 7.89. The van der Waals surface area contributed by atoms with Gasteiger partial charge in [0.1, 0.15) is 0 Å². The zero-order valence-corrected chi connectivity index (χ0v) is 18.6. The molecule has 0 saturated carbocycles. The Morgan fingerprint density at radius 3 is 2.04 bits per heavy atom. The Labute approximate surface area is 179 Å². The van der Waals surface area contributed by atoms with Crippen LogP contribution < -0.4 is 4.90 Å². The number of hydrogen-bond acceptors (Lipinski definition) is 2. The maximum Gasteiger partial charge on any atom is 0.0745 e. The molecule has 0 bridgehead atoms. The summed E-state index contributed by atoms with van der Waals surface area (Å²) in [5.41, 5.74) is 3.89. The molecule has 0 aromatic heterocycles. The summed E-state index contributed by atoms with van der Waals surface area (Å²) in [6.45, 7) is 11.4. The van der Waals surface area contributed by atoms with Crippen LogP contribution in [0.1, 0.15) is 50.7 Å². The Bertz CT molecular complexity index is 797. The van der Waals surface area contributed by atoms with Gasteiger partial charge in [-0.25, -0.2) is 0 Å². The lowest BCUT2D eigenvalue weighted by atomic mass is 9.85. The van der Waals surface area contributed by atoms with Gasteiger partial charge in [0, 0.05) is 24.5 Å². The molecule has 2 aromatic carbocycles. The number of halogens is 2. The van der Waals surface area contributed by atoms with Crippen LogP contribution in [0.15, 0.2) is 42.5 Å². The maximum absolute atomic E-state index is 6.35. The number of para-hydroxylation sites is 1. The summed E-state index contributed by atoms with van der Waals surface area (Å²) in [5, 5.41) is 1.47. The lowest BCUT2D eigenvalue weighted by Crippen LogP contribution is -2.46. The molecule has 2 saturated heterocycles. The first-order chi connectivity index (χ1) is 13.4. The quantitative estimate of drug-likeness (QED) is 0.556. The number of nitrogens with zero attached hydrogens (tertiary/aromatic N) is 2. The van der Waals surface area contributed by atoms with Gasteiger partial charge in [-0.3, -0.25) is 4.90 Å². The third kappa shape index (κ3) is 3.79. The molecule has 0 N–H and O–H groups in total. The van der Waals surface area contributed by atoms with Crippen LogP contribution in [0, 0.1) is 5.92 Å². The third-order valence-electron chi connectivity index (χ3n) is 6.80. The lowest BCUT2D eigenvalue weighted by Gasteiger charge is -2.44. The van der Waals surface area contributed by atoms with E-state index in [4.69, 9.17) is 23.2 Å². The van der Waals surface area contributed by atoms with Crippen LogP contribution >= 0.6 is 23.2 Å². The molecule has 0 unspecified atom stereocenters. The van der Waals surface area contributed by atoms with Gasteiger partial charge >= 0.3 is 0 Å². The monoisotopic (exact) mass is 416 g/mol. The highest BCUT2D eigenvalue weighted by Gasteiger charge is 2.33. The van der Waals surface area contributed by atoms with E-state index in [9.17, 15) is 0 Å². The second-order valence-corrected chi connectivity index (χ2v) is 9.84. The Hall–Kier alpha value is -1.22. The minimum atomic E-state index is 0.0927. The van der Waals surface area contributed by atoms with Crippen molar-refractivity contribution in [1.29, 1.82) is 0 Å². The smallest absolute Gasteiger partial charge is 0.0745 e. The minimum absolute atomic E-state index is 0.0927. The summed E-state index contributed by atoms with van der Waals surface area (Å²) in [7, 11) is 0. The summed E-state index contributed by atoms with van der Waals surface area (Å²) in [4.78, 5) is 4.93. The normalized spacial score (nSPS) is 19.7. The van der Waals surface area contributed by atoms with Gasteiger partial charge in [-0.15, -0.1) is 0 Å². The lowest BCUT2D eigenvalue weighted by molar-refractivity contribution is 0.0768. The number of benzene rings is 2. The third-order valence-corrected chi connectivity index (χ3v) is 7.41. The van der Waals surface area contributed by atoms with E-state index < -0.39 is 0 Å². The molecule has 0 spiro atoms. The van der Waals surface area contributed by atoms with E-state index in [1.54, 1.807) is 0 Å². The molecule has 0 amide bonds. The first-order valence-electron chi connectivity index (χ1n) is 10.4. The van der Waals surface area contributed by atoms with Crippen LogP contribution in [0.4, 0.5) is 5.69 Å². The summed E-state index contributed by atoms with van der Waals surface area (Å²) in [5.74, 6) is 1.41. The SMILES string of the molecule is CC1CCN(C(C)(C)c2ccc(C3CN(c4c(Cl)cccc4Cl)C3)cc2)CC1. The fourth-order valence-electron chi connectivity index (χ4n) is 4.58. The highest BCUT2D eigenvalue weighted by atomic mass is 35.5. The van der Waals surface area contributed by atoms with E-state index in [1.165, 1.54) is 37.1 Å². The standard InChI is InChI=1S/C24H30Cl2N2/c1-17-11-13-28(14-12-17)24(2,3)20-9-7-18(8-10-20)19-15-27(16-19)23-21(25)5-4-6-22(23)26/h4-10,17,19H,11-16H2,1-3H3. The molecule has 2 nitrogen and oxygen atoms in total. The number of rotatable bonds is 4. The van der Waals surface area contributed by atoms with Crippen LogP contribution in [-0.4, -0.2) is 31.1 Å². The predicted molar refractivity (Wildman–Crippen MR) is 121 cm³/mol. The van der Waals surface area contributed by atoms with Crippen LogP contribution in [-0.2, 0) is 5.54 Å². The fourth-order valence-corrected chi connectivity index (χ4v) is 5.21. The topological polar surface area (TPSA) is 6.48 Å². The van der Waals surface area contributed by atoms with Crippen molar-refractivity contribution in [2.24, 2.45) is 5.92 Å². The van der Waals surface area contributed by atoms with E-state index in [-0.39, 0.29) is 5.54 Å². The molecule has 28 heavy (non-hydrogen) atoms. The van der Waals surface area contributed by atoms with Gasteiger partial charge in [-0.1, -0.05) is 60.5 Å². The molecule has 0 aliphatic carbocycles. The van der Waals surface area contributed by atoms with Crippen LogP contribution in [0.5, 0.6) is 0 Å². The molecule has 150 valence electrons. The van der Waals surface area contributed by atoms with Crippen molar-refractivity contribution in [3.05, 3.63) is 63.6 Å². The van der Waals surface area contributed by atoms with Gasteiger partial charge in [0.05, 0.1) is 15.7 Å². The average molecular weight is 417 g/mol. The van der Waals surface area contributed by atoms with E-state index in [2.05, 4.69) is 54.8 Å². The Morgan fingerprint density at radius 2 is 1.46 bits per heavy atom. The van der Waals surface area contributed by atoms with Gasteiger partial charge in [0.15, 0.2) is 0 Å². The number of likely N-dealkylation sites (tertiary alicyclic amines) is 1. The largest absolute Gasteiger partial charge is 0.368 e. The Morgan fingerprint density at radius 1 is 0.893 bits per heavy atom. The van der Waals surface area contributed by atoms with Crippen molar-refractivity contribution in [3.8, 4) is 0 Å². The van der Waals surface area contributed by atoms with Crippen LogP contribution in [0.25, 0.3) is 0 Å². The molecular formula is C24H30Cl2N2. The second-order valence-electron chi connectivity index (χ2n) is 9.02. The molecule has 2 heterocycles. The van der Waals surface area contributed by atoms with Gasteiger partial charge in [-0.2, -0.15) is 0 Å². The summed E-state index contributed by atoms with van der Waals surface area (Å²) < 4.78 is 0.